The van der Waals surface area contributed by atoms with Gasteiger partial charge in [0.1, 0.15) is 4.90 Å². The first-order valence-corrected chi connectivity index (χ1v) is 11.0. The lowest BCUT2D eigenvalue weighted by Crippen LogP contribution is -2.37. The number of amides is 1. The first-order chi connectivity index (χ1) is 15.1. The van der Waals surface area contributed by atoms with Crippen LogP contribution in [0, 0.1) is 0 Å². The molecule has 1 amide bonds. The van der Waals surface area contributed by atoms with Gasteiger partial charge in [-0.05, 0) is 48.0 Å². The zero-order valence-corrected chi connectivity index (χ0v) is 18.0. The molecule has 6 nitrogen and oxygen atoms in total. The molecule has 0 bridgehead atoms. The van der Waals surface area contributed by atoms with E-state index in [0.717, 1.165) is 28.7 Å². The average molecular weight is 484 g/mol. The van der Waals surface area contributed by atoms with Crippen LogP contribution in [0.3, 0.4) is 0 Å². The molecular formula is C21H17ClF3N3O3S. The van der Waals surface area contributed by atoms with Gasteiger partial charge in [-0.25, -0.2) is 8.42 Å². The van der Waals surface area contributed by atoms with Crippen molar-refractivity contribution in [1.29, 1.82) is 0 Å². The molecule has 2 aromatic carbocycles. The Morgan fingerprint density at radius 2 is 1.78 bits per heavy atom. The molecule has 0 radical (unpaired) electrons. The van der Waals surface area contributed by atoms with E-state index in [4.69, 9.17) is 11.6 Å². The number of anilines is 1. The Labute approximate surface area is 187 Å². The van der Waals surface area contributed by atoms with E-state index in [2.05, 4.69) is 10.3 Å². The van der Waals surface area contributed by atoms with Gasteiger partial charge in [-0.15, -0.1) is 0 Å². The highest BCUT2D eigenvalue weighted by molar-refractivity contribution is 7.89. The maximum absolute atomic E-state index is 13.1. The lowest BCUT2D eigenvalue weighted by Gasteiger charge is -2.22. The van der Waals surface area contributed by atoms with E-state index in [-0.39, 0.29) is 17.1 Å². The Morgan fingerprint density at radius 1 is 1.06 bits per heavy atom. The molecule has 3 aromatic rings. The van der Waals surface area contributed by atoms with Gasteiger partial charge in [-0.1, -0.05) is 29.8 Å². The number of hydrogen-bond acceptors (Lipinski definition) is 4. The summed E-state index contributed by atoms with van der Waals surface area (Å²) in [6.45, 7) is -0.791. The third-order valence-electron chi connectivity index (χ3n) is 4.34. The third-order valence-corrected chi connectivity index (χ3v) is 6.37. The normalized spacial score (nSPS) is 12.0. The van der Waals surface area contributed by atoms with Gasteiger partial charge >= 0.3 is 6.18 Å². The largest absolute Gasteiger partial charge is 0.416 e. The number of nitrogens with one attached hydrogen (secondary N) is 1. The number of carbonyl (C=O) groups is 1. The van der Waals surface area contributed by atoms with Crippen LogP contribution in [-0.4, -0.2) is 30.2 Å². The first-order valence-electron chi connectivity index (χ1n) is 9.17. The summed E-state index contributed by atoms with van der Waals surface area (Å²) >= 11 is 5.87. The number of pyridine rings is 1. The number of rotatable bonds is 7. The highest BCUT2D eigenvalue weighted by Gasteiger charge is 2.31. The fourth-order valence-electron chi connectivity index (χ4n) is 2.80. The van der Waals surface area contributed by atoms with Gasteiger partial charge in [0.05, 0.1) is 12.1 Å². The molecule has 3 rings (SSSR count). The van der Waals surface area contributed by atoms with Crippen LogP contribution in [0.4, 0.5) is 18.9 Å². The second-order valence-corrected chi connectivity index (χ2v) is 9.09. The zero-order valence-electron chi connectivity index (χ0n) is 16.4. The van der Waals surface area contributed by atoms with E-state index in [1.807, 2.05) is 0 Å². The third kappa shape index (κ3) is 6.06. The Bertz CT molecular complexity index is 1190. The maximum Gasteiger partial charge on any atom is 0.416 e. The molecular weight excluding hydrogens is 467 g/mol. The molecule has 0 aliphatic carbocycles. The van der Waals surface area contributed by atoms with E-state index < -0.39 is 34.2 Å². The molecule has 0 atom stereocenters. The van der Waals surface area contributed by atoms with Crippen molar-refractivity contribution in [3.8, 4) is 0 Å². The van der Waals surface area contributed by atoms with Crippen molar-refractivity contribution >= 4 is 33.2 Å². The minimum absolute atomic E-state index is 0.102. The van der Waals surface area contributed by atoms with E-state index in [9.17, 15) is 26.4 Å². The summed E-state index contributed by atoms with van der Waals surface area (Å²) in [5.74, 6) is -0.800. The number of hydrogen-bond donors (Lipinski definition) is 1. The van der Waals surface area contributed by atoms with Crippen LogP contribution in [0.15, 0.2) is 78.0 Å². The minimum atomic E-state index is -4.58. The maximum atomic E-state index is 13.1. The van der Waals surface area contributed by atoms with E-state index in [1.54, 1.807) is 24.3 Å². The second-order valence-electron chi connectivity index (χ2n) is 6.72. The molecule has 1 heterocycles. The molecule has 11 heteroatoms. The molecule has 1 aromatic heterocycles. The average Bonchev–Trinajstić information content (AvgIpc) is 2.75. The predicted octanol–water partition coefficient (Wildman–Crippen LogP) is 4.58. The van der Waals surface area contributed by atoms with Gasteiger partial charge in [0.2, 0.25) is 15.9 Å². The standard InChI is InChI=1S/C21H17ClF3N3O3S/c22-17-8-6-15(7-9-17)13-28(32(30,31)19-5-2-10-26-12-19)14-20(29)27-18-4-1-3-16(11-18)21(23,24)25/h1-12H,13-14H2,(H,27,29). The van der Waals surface area contributed by atoms with Gasteiger partial charge in [-0.3, -0.25) is 9.78 Å². The summed E-state index contributed by atoms with van der Waals surface area (Å²) < 4.78 is 65.9. The Kier molecular flexibility index (Phi) is 7.17. The second kappa shape index (κ2) is 9.68. The quantitative estimate of drug-likeness (QED) is 0.533. The van der Waals surface area contributed by atoms with Crippen molar-refractivity contribution in [3.63, 3.8) is 0 Å². The Balaban J connectivity index is 1.85. The molecule has 0 unspecified atom stereocenters. The van der Waals surface area contributed by atoms with Crippen molar-refractivity contribution in [3.05, 3.63) is 89.2 Å². The molecule has 0 saturated heterocycles. The van der Waals surface area contributed by atoms with Crippen molar-refractivity contribution in [2.24, 2.45) is 0 Å². The number of carbonyl (C=O) groups excluding carboxylic acids is 1. The van der Waals surface area contributed by atoms with Crippen LogP contribution < -0.4 is 5.32 Å². The van der Waals surface area contributed by atoms with Gasteiger partial charge in [0.25, 0.3) is 0 Å². The smallest absolute Gasteiger partial charge is 0.325 e. The SMILES string of the molecule is O=C(CN(Cc1ccc(Cl)cc1)S(=O)(=O)c1cccnc1)Nc1cccc(C(F)(F)F)c1. The van der Waals surface area contributed by atoms with Crippen LogP contribution in [0.2, 0.25) is 5.02 Å². The fourth-order valence-corrected chi connectivity index (χ4v) is 4.28. The summed E-state index contributed by atoms with van der Waals surface area (Å²) in [6, 6.07) is 13.2. The number of alkyl halides is 3. The van der Waals surface area contributed by atoms with Gasteiger partial charge in [-0.2, -0.15) is 17.5 Å². The highest BCUT2D eigenvalue weighted by atomic mass is 35.5. The van der Waals surface area contributed by atoms with E-state index in [0.29, 0.717) is 10.6 Å². The number of aromatic nitrogens is 1. The summed E-state index contributed by atoms with van der Waals surface area (Å²) in [4.78, 5) is 16.2. The van der Waals surface area contributed by atoms with Gasteiger partial charge in [0.15, 0.2) is 0 Å². The van der Waals surface area contributed by atoms with Crippen LogP contribution in [0.5, 0.6) is 0 Å². The first kappa shape index (κ1) is 23.7. The predicted molar refractivity (Wildman–Crippen MR) is 113 cm³/mol. The summed E-state index contributed by atoms with van der Waals surface area (Å²) in [5, 5.41) is 2.78. The van der Waals surface area contributed by atoms with E-state index >= 15 is 0 Å². The van der Waals surface area contributed by atoms with Crippen molar-refractivity contribution in [1.82, 2.24) is 9.29 Å². The number of nitrogens with zero attached hydrogens (tertiary/aromatic N) is 2. The molecule has 32 heavy (non-hydrogen) atoms. The van der Waals surface area contributed by atoms with Crippen molar-refractivity contribution in [2.45, 2.75) is 17.6 Å². The molecule has 0 fully saturated rings. The molecule has 168 valence electrons. The molecule has 0 aliphatic heterocycles. The number of sulfonamides is 1. The highest BCUT2D eigenvalue weighted by Crippen LogP contribution is 2.30. The topological polar surface area (TPSA) is 79.4 Å². The summed E-state index contributed by atoms with van der Waals surface area (Å²) in [5.41, 5.74) is -0.472. The Hall–Kier alpha value is -2.95. The zero-order chi connectivity index (χ0) is 23.4. The molecule has 0 spiro atoms. The summed E-state index contributed by atoms with van der Waals surface area (Å²) in [7, 11) is -4.13. The van der Waals surface area contributed by atoms with Crippen LogP contribution in [-0.2, 0) is 27.5 Å². The lowest BCUT2D eigenvalue weighted by atomic mass is 10.2. The van der Waals surface area contributed by atoms with Crippen molar-refractivity contribution < 1.29 is 26.4 Å². The summed E-state index contributed by atoms with van der Waals surface area (Å²) in [6.07, 6.45) is -2.02. The monoisotopic (exact) mass is 483 g/mol. The lowest BCUT2D eigenvalue weighted by molar-refractivity contribution is -0.137. The molecule has 0 aliphatic rings. The van der Waals surface area contributed by atoms with Crippen molar-refractivity contribution in [2.75, 3.05) is 11.9 Å². The van der Waals surface area contributed by atoms with E-state index in [1.165, 1.54) is 24.4 Å². The van der Waals surface area contributed by atoms with Crippen LogP contribution in [0.25, 0.3) is 0 Å². The molecule has 1 N–H and O–H groups in total. The number of halogens is 4. The minimum Gasteiger partial charge on any atom is -0.325 e. The van der Waals surface area contributed by atoms with Gasteiger partial charge in [0, 0.05) is 29.6 Å². The van der Waals surface area contributed by atoms with Crippen LogP contribution in [0.1, 0.15) is 11.1 Å². The number of benzene rings is 2. The van der Waals surface area contributed by atoms with Crippen LogP contribution >= 0.6 is 11.6 Å². The van der Waals surface area contributed by atoms with Gasteiger partial charge < -0.3 is 5.32 Å². The molecule has 0 saturated carbocycles. The Morgan fingerprint density at radius 3 is 2.41 bits per heavy atom. The fraction of sp³-hybridized carbons (Fsp3) is 0.143.